The van der Waals surface area contributed by atoms with Gasteiger partial charge in [-0.2, -0.15) is 0 Å². The van der Waals surface area contributed by atoms with Crippen molar-refractivity contribution in [3.63, 3.8) is 0 Å². The topological polar surface area (TPSA) is 46.6 Å². The van der Waals surface area contributed by atoms with Crippen LogP contribution in [0.3, 0.4) is 0 Å². The minimum absolute atomic E-state index is 0.503. The maximum absolute atomic E-state index is 6.09. The van der Waals surface area contributed by atoms with Gasteiger partial charge in [-0.25, -0.2) is 0 Å². The highest BCUT2D eigenvalue weighted by atomic mass is 16.5. The molecule has 1 aliphatic rings. The van der Waals surface area contributed by atoms with Gasteiger partial charge in [-0.3, -0.25) is 4.98 Å². The van der Waals surface area contributed by atoms with E-state index < -0.39 is 0 Å². The summed E-state index contributed by atoms with van der Waals surface area (Å²) in [5, 5.41) is 4.54. The lowest BCUT2D eigenvalue weighted by atomic mass is 10.1. The smallest absolute Gasteiger partial charge is 0.146 e. The van der Waals surface area contributed by atoms with Gasteiger partial charge in [0.1, 0.15) is 23.6 Å². The third-order valence-electron chi connectivity index (χ3n) is 4.72. The molecule has 4 rings (SSSR count). The van der Waals surface area contributed by atoms with Crippen LogP contribution in [0, 0.1) is 0 Å². The fourth-order valence-corrected chi connectivity index (χ4v) is 3.32. The summed E-state index contributed by atoms with van der Waals surface area (Å²) in [6, 6.07) is 16.2. The van der Waals surface area contributed by atoms with Gasteiger partial charge >= 0.3 is 0 Å². The normalized spacial score (nSPS) is 14.4. The van der Waals surface area contributed by atoms with Crippen LogP contribution < -0.4 is 19.7 Å². The molecule has 0 atom stereocenters. The minimum Gasteiger partial charge on any atom is -0.497 e. The third kappa shape index (κ3) is 3.44. The molecule has 1 N–H and O–H groups in total. The summed E-state index contributed by atoms with van der Waals surface area (Å²) in [4.78, 5) is 7.00. The monoisotopic (exact) mass is 349 g/mol. The third-order valence-corrected chi connectivity index (χ3v) is 4.72. The zero-order valence-electron chi connectivity index (χ0n) is 14.9. The molecule has 2 aromatic carbocycles. The van der Waals surface area contributed by atoms with Crippen molar-refractivity contribution < 1.29 is 9.47 Å². The van der Waals surface area contributed by atoms with Gasteiger partial charge in [0.05, 0.1) is 7.11 Å². The van der Waals surface area contributed by atoms with Gasteiger partial charge in [0.15, 0.2) is 0 Å². The number of benzene rings is 2. The van der Waals surface area contributed by atoms with Crippen molar-refractivity contribution >= 4 is 16.6 Å². The van der Waals surface area contributed by atoms with Crippen LogP contribution in [0.1, 0.15) is 5.56 Å². The van der Waals surface area contributed by atoms with Crippen LogP contribution in [-0.2, 0) is 6.61 Å². The summed E-state index contributed by atoms with van der Waals surface area (Å²) < 4.78 is 11.3. The van der Waals surface area contributed by atoms with Crippen molar-refractivity contribution in [1.29, 1.82) is 0 Å². The summed E-state index contributed by atoms with van der Waals surface area (Å²) in [5.74, 6) is 1.66. The molecule has 0 unspecified atom stereocenters. The van der Waals surface area contributed by atoms with Crippen LogP contribution in [0.2, 0.25) is 0 Å². The Labute approximate surface area is 153 Å². The number of anilines is 1. The molecule has 0 radical (unpaired) electrons. The highest BCUT2D eigenvalue weighted by Crippen LogP contribution is 2.31. The first-order valence-corrected chi connectivity index (χ1v) is 8.94. The number of para-hydroxylation sites is 1. The number of rotatable bonds is 5. The van der Waals surface area contributed by atoms with E-state index >= 15 is 0 Å². The minimum atomic E-state index is 0.503. The number of hydrogen-bond donors (Lipinski definition) is 1. The molecule has 0 amide bonds. The summed E-state index contributed by atoms with van der Waals surface area (Å²) in [6.45, 7) is 4.55. The van der Waals surface area contributed by atoms with Gasteiger partial charge < -0.3 is 19.7 Å². The Balaban J connectivity index is 1.59. The Kier molecular flexibility index (Phi) is 4.88. The van der Waals surface area contributed by atoms with E-state index in [1.165, 1.54) is 5.69 Å². The van der Waals surface area contributed by atoms with E-state index in [0.717, 1.165) is 54.1 Å². The van der Waals surface area contributed by atoms with Crippen molar-refractivity contribution in [2.45, 2.75) is 6.61 Å². The average molecular weight is 349 g/mol. The molecule has 0 bridgehead atoms. The second-order valence-corrected chi connectivity index (χ2v) is 6.36. The van der Waals surface area contributed by atoms with Crippen LogP contribution in [-0.4, -0.2) is 38.3 Å². The van der Waals surface area contributed by atoms with E-state index in [4.69, 9.17) is 9.47 Å². The Morgan fingerprint density at radius 2 is 1.85 bits per heavy atom. The second kappa shape index (κ2) is 7.62. The number of hydrogen-bond acceptors (Lipinski definition) is 5. The molecule has 3 aromatic rings. The Hall–Kier alpha value is -2.79. The van der Waals surface area contributed by atoms with Gasteiger partial charge in [-0.05, 0) is 29.8 Å². The SMILES string of the molecule is COc1ccc(COc2cccc3c(N4CCNCC4)ccnc23)cc1. The lowest BCUT2D eigenvalue weighted by molar-refractivity contribution is 0.309. The van der Waals surface area contributed by atoms with Gasteiger partial charge in [0, 0.05) is 43.4 Å². The molecule has 1 fully saturated rings. The van der Waals surface area contributed by atoms with Crippen molar-refractivity contribution in [3.05, 3.63) is 60.3 Å². The Bertz CT molecular complexity index is 874. The van der Waals surface area contributed by atoms with E-state index in [0.29, 0.717) is 6.61 Å². The summed E-state index contributed by atoms with van der Waals surface area (Å²) in [6.07, 6.45) is 1.87. The molecule has 2 heterocycles. The van der Waals surface area contributed by atoms with Crippen LogP contribution in [0.4, 0.5) is 5.69 Å². The molecule has 5 heteroatoms. The Morgan fingerprint density at radius 3 is 2.62 bits per heavy atom. The summed E-state index contributed by atoms with van der Waals surface area (Å²) in [7, 11) is 1.67. The molecule has 5 nitrogen and oxygen atoms in total. The first-order valence-electron chi connectivity index (χ1n) is 8.94. The maximum atomic E-state index is 6.09. The quantitative estimate of drug-likeness (QED) is 0.766. The Morgan fingerprint density at radius 1 is 1.04 bits per heavy atom. The number of aromatic nitrogens is 1. The summed E-state index contributed by atoms with van der Waals surface area (Å²) >= 11 is 0. The van der Waals surface area contributed by atoms with Gasteiger partial charge in [0.25, 0.3) is 0 Å². The van der Waals surface area contributed by atoms with Crippen LogP contribution in [0.15, 0.2) is 54.7 Å². The standard InChI is InChI=1S/C21H23N3O2/c1-25-17-7-5-16(6-8-17)15-26-20-4-2-3-18-19(9-10-23-21(18)20)24-13-11-22-12-14-24/h2-10,22H,11-15H2,1H3. The molecule has 26 heavy (non-hydrogen) atoms. The van der Waals surface area contributed by atoms with Crippen LogP contribution in [0.25, 0.3) is 10.9 Å². The van der Waals surface area contributed by atoms with E-state index in [-0.39, 0.29) is 0 Å². The molecule has 0 saturated carbocycles. The van der Waals surface area contributed by atoms with Crippen LogP contribution >= 0.6 is 0 Å². The summed E-state index contributed by atoms with van der Waals surface area (Å²) in [5.41, 5.74) is 3.24. The highest BCUT2D eigenvalue weighted by molar-refractivity contribution is 5.95. The van der Waals surface area contributed by atoms with Crippen molar-refractivity contribution in [1.82, 2.24) is 10.3 Å². The van der Waals surface area contributed by atoms with Crippen molar-refractivity contribution in [3.8, 4) is 11.5 Å². The molecule has 0 aliphatic carbocycles. The molecule has 1 aromatic heterocycles. The first kappa shape index (κ1) is 16.7. The number of nitrogens with one attached hydrogen (secondary N) is 1. The van der Waals surface area contributed by atoms with E-state index in [1.54, 1.807) is 7.11 Å². The maximum Gasteiger partial charge on any atom is 0.146 e. The average Bonchev–Trinajstić information content (AvgIpc) is 2.73. The fourth-order valence-electron chi connectivity index (χ4n) is 3.32. The predicted octanol–water partition coefficient (Wildman–Crippen LogP) is 3.23. The molecule has 134 valence electrons. The molecular weight excluding hydrogens is 326 g/mol. The lowest BCUT2D eigenvalue weighted by Gasteiger charge is -2.30. The van der Waals surface area contributed by atoms with Gasteiger partial charge in [0.2, 0.25) is 0 Å². The number of pyridine rings is 1. The van der Waals surface area contributed by atoms with Gasteiger partial charge in [-0.1, -0.05) is 24.3 Å². The van der Waals surface area contributed by atoms with Crippen molar-refractivity contribution in [2.24, 2.45) is 0 Å². The van der Waals surface area contributed by atoms with Crippen molar-refractivity contribution in [2.75, 3.05) is 38.2 Å². The van der Waals surface area contributed by atoms with E-state index in [2.05, 4.69) is 27.3 Å². The zero-order valence-corrected chi connectivity index (χ0v) is 14.9. The first-order chi connectivity index (χ1) is 12.8. The molecule has 1 saturated heterocycles. The largest absolute Gasteiger partial charge is 0.497 e. The molecule has 0 spiro atoms. The molecule has 1 aliphatic heterocycles. The molecular formula is C21H23N3O2. The number of fused-ring (bicyclic) bond motifs is 1. The predicted molar refractivity (Wildman–Crippen MR) is 104 cm³/mol. The van der Waals surface area contributed by atoms with Crippen LogP contribution in [0.5, 0.6) is 11.5 Å². The van der Waals surface area contributed by atoms with Gasteiger partial charge in [-0.15, -0.1) is 0 Å². The highest BCUT2D eigenvalue weighted by Gasteiger charge is 2.15. The number of methoxy groups -OCH3 is 1. The number of ether oxygens (including phenoxy) is 2. The zero-order chi connectivity index (χ0) is 17.8. The number of piperazine rings is 1. The fraction of sp³-hybridized carbons (Fsp3) is 0.286. The number of nitrogens with zero attached hydrogens (tertiary/aromatic N) is 2. The van der Waals surface area contributed by atoms with E-state index in [9.17, 15) is 0 Å². The lowest BCUT2D eigenvalue weighted by Crippen LogP contribution is -2.43. The second-order valence-electron chi connectivity index (χ2n) is 6.36. The van der Waals surface area contributed by atoms with E-state index in [1.807, 2.05) is 42.6 Å².